The van der Waals surface area contributed by atoms with E-state index in [1.54, 1.807) is 12.1 Å². The Morgan fingerprint density at radius 3 is 2.47 bits per heavy atom. The van der Waals surface area contributed by atoms with E-state index in [2.05, 4.69) is 46.1 Å². The van der Waals surface area contributed by atoms with E-state index in [9.17, 15) is 4.79 Å². The maximum absolute atomic E-state index is 12.0. The summed E-state index contributed by atoms with van der Waals surface area (Å²) in [5.74, 6) is 0.790. The number of carbonyl (C=O) groups excluding carboxylic acids is 1. The summed E-state index contributed by atoms with van der Waals surface area (Å²) < 4.78 is 5.10. The molecule has 0 aliphatic carbocycles. The highest BCUT2D eigenvalue weighted by atomic mass is 127. The quantitative estimate of drug-likeness (QED) is 0.241. The fraction of sp³-hybridized carbons (Fsp3) is 0.217. The predicted octanol–water partition coefficient (Wildman–Crippen LogP) is 4.71. The number of rotatable bonds is 7. The number of furan rings is 1. The average Bonchev–Trinajstić information content (AvgIpc) is 3.26. The van der Waals surface area contributed by atoms with Gasteiger partial charge in [-0.1, -0.05) is 42.0 Å². The zero-order valence-electron chi connectivity index (χ0n) is 17.1. The number of nitrogens with one attached hydrogen (secondary N) is 3. The Balaban J connectivity index is 0.00000320. The van der Waals surface area contributed by atoms with Gasteiger partial charge in [0.1, 0.15) is 0 Å². The summed E-state index contributed by atoms with van der Waals surface area (Å²) in [4.78, 5) is 16.7. The fourth-order valence-electron chi connectivity index (χ4n) is 2.81. The van der Waals surface area contributed by atoms with Gasteiger partial charge in [0.05, 0.1) is 12.8 Å². The third-order valence-electron chi connectivity index (χ3n) is 4.26. The van der Waals surface area contributed by atoms with Crippen molar-refractivity contribution in [3.05, 3.63) is 89.4 Å². The van der Waals surface area contributed by atoms with Crippen molar-refractivity contribution in [1.82, 2.24) is 10.6 Å². The van der Waals surface area contributed by atoms with Crippen molar-refractivity contribution in [3.63, 3.8) is 0 Å². The van der Waals surface area contributed by atoms with Crippen molar-refractivity contribution < 1.29 is 9.21 Å². The van der Waals surface area contributed by atoms with Crippen LogP contribution in [-0.4, -0.2) is 18.4 Å². The van der Waals surface area contributed by atoms with Crippen LogP contribution in [0.3, 0.4) is 0 Å². The second kappa shape index (κ2) is 12.0. The Morgan fingerprint density at radius 2 is 1.80 bits per heavy atom. The molecule has 3 rings (SSSR count). The molecule has 1 heterocycles. The number of hydrogen-bond donors (Lipinski definition) is 3. The molecule has 0 fully saturated rings. The first-order valence-electron chi connectivity index (χ1n) is 9.65. The van der Waals surface area contributed by atoms with Crippen LogP contribution in [0.5, 0.6) is 0 Å². The van der Waals surface area contributed by atoms with Gasteiger partial charge in [0, 0.05) is 18.8 Å². The van der Waals surface area contributed by atoms with E-state index < -0.39 is 0 Å². The molecule has 6 nitrogen and oxygen atoms in total. The van der Waals surface area contributed by atoms with Crippen molar-refractivity contribution in [2.45, 2.75) is 26.9 Å². The monoisotopic (exact) mass is 518 g/mol. The number of guanidine groups is 1. The molecule has 3 N–H and O–H groups in total. The summed E-state index contributed by atoms with van der Waals surface area (Å²) in [5, 5.41) is 9.41. The zero-order valence-corrected chi connectivity index (χ0v) is 19.5. The number of aliphatic imine (C=N–C) groups is 1. The van der Waals surface area contributed by atoms with Crippen LogP contribution in [0, 0.1) is 6.92 Å². The van der Waals surface area contributed by atoms with E-state index >= 15 is 0 Å². The van der Waals surface area contributed by atoms with Crippen molar-refractivity contribution >= 4 is 41.5 Å². The fourth-order valence-corrected chi connectivity index (χ4v) is 2.81. The van der Waals surface area contributed by atoms with Crippen molar-refractivity contribution in [2.75, 3.05) is 11.9 Å². The van der Waals surface area contributed by atoms with E-state index in [0.29, 0.717) is 13.1 Å². The SMILES string of the molecule is CCNC(=NCc1cccc(C)c1)NCc1ccc(NC(=O)c2ccco2)cc1.I. The van der Waals surface area contributed by atoms with Crippen LogP contribution in [-0.2, 0) is 13.1 Å². The molecule has 0 spiro atoms. The molecule has 2 aromatic carbocycles. The number of amides is 1. The van der Waals surface area contributed by atoms with E-state index in [0.717, 1.165) is 23.8 Å². The van der Waals surface area contributed by atoms with Crippen LogP contribution in [0.25, 0.3) is 0 Å². The smallest absolute Gasteiger partial charge is 0.291 e. The predicted molar refractivity (Wildman–Crippen MR) is 131 cm³/mol. The van der Waals surface area contributed by atoms with E-state index in [4.69, 9.17) is 4.42 Å². The first-order chi connectivity index (χ1) is 14.1. The highest BCUT2D eigenvalue weighted by molar-refractivity contribution is 14.0. The molecule has 0 atom stereocenters. The Bertz CT molecular complexity index is 954. The minimum atomic E-state index is -0.265. The number of halogens is 1. The highest BCUT2D eigenvalue weighted by Crippen LogP contribution is 2.12. The topological polar surface area (TPSA) is 78.7 Å². The maximum Gasteiger partial charge on any atom is 0.291 e. The molecule has 0 radical (unpaired) electrons. The van der Waals surface area contributed by atoms with Crippen LogP contribution in [0.1, 0.15) is 34.2 Å². The first kappa shape index (κ1) is 23.5. The molecular formula is C23H27IN4O2. The van der Waals surface area contributed by atoms with Gasteiger partial charge >= 0.3 is 0 Å². The van der Waals surface area contributed by atoms with Crippen LogP contribution >= 0.6 is 24.0 Å². The highest BCUT2D eigenvalue weighted by Gasteiger charge is 2.08. The lowest BCUT2D eigenvalue weighted by molar-refractivity contribution is 0.0996. The van der Waals surface area contributed by atoms with Crippen molar-refractivity contribution in [2.24, 2.45) is 4.99 Å². The molecule has 0 aliphatic heterocycles. The van der Waals surface area contributed by atoms with Crippen LogP contribution in [0.4, 0.5) is 5.69 Å². The lowest BCUT2D eigenvalue weighted by atomic mass is 10.1. The lowest BCUT2D eigenvalue weighted by Gasteiger charge is -2.12. The average molecular weight is 518 g/mol. The Labute approximate surface area is 194 Å². The molecule has 158 valence electrons. The normalized spacial score (nSPS) is 10.8. The summed E-state index contributed by atoms with van der Waals surface area (Å²) in [6, 6.07) is 19.3. The van der Waals surface area contributed by atoms with Gasteiger partial charge in [-0.25, -0.2) is 4.99 Å². The van der Waals surface area contributed by atoms with Crippen LogP contribution in [0.2, 0.25) is 0 Å². The Hall–Kier alpha value is -2.81. The maximum atomic E-state index is 12.0. The number of anilines is 1. The second-order valence-corrected chi connectivity index (χ2v) is 6.67. The molecule has 30 heavy (non-hydrogen) atoms. The molecule has 0 bridgehead atoms. The molecule has 0 aliphatic rings. The van der Waals surface area contributed by atoms with Crippen LogP contribution in [0.15, 0.2) is 76.3 Å². The van der Waals surface area contributed by atoms with Gasteiger partial charge < -0.3 is 20.4 Å². The van der Waals surface area contributed by atoms with Gasteiger partial charge in [-0.2, -0.15) is 0 Å². The second-order valence-electron chi connectivity index (χ2n) is 6.67. The largest absolute Gasteiger partial charge is 0.459 e. The molecule has 0 unspecified atom stereocenters. The molecule has 1 aromatic heterocycles. The summed E-state index contributed by atoms with van der Waals surface area (Å²) in [6.07, 6.45) is 1.48. The van der Waals surface area contributed by atoms with E-state index in [1.165, 1.54) is 17.4 Å². The van der Waals surface area contributed by atoms with Gasteiger partial charge in [-0.05, 0) is 49.2 Å². The number of carbonyl (C=O) groups is 1. The Kier molecular flexibility index (Phi) is 9.40. The molecular weight excluding hydrogens is 491 g/mol. The molecule has 7 heteroatoms. The van der Waals surface area contributed by atoms with Gasteiger partial charge in [0.15, 0.2) is 11.7 Å². The van der Waals surface area contributed by atoms with Crippen molar-refractivity contribution in [1.29, 1.82) is 0 Å². The van der Waals surface area contributed by atoms with Gasteiger partial charge in [-0.3, -0.25) is 4.79 Å². The zero-order chi connectivity index (χ0) is 20.5. The van der Waals surface area contributed by atoms with Gasteiger partial charge in [-0.15, -0.1) is 24.0 Å². The number of nitrogens with zero attached hydrogens (tertiary/aromatic N) is 1. The number of benzene rings is 2. The third kappa shape index (κ3) is 7.22. The summed E-state index contributed by atoms with van der Waals surface area (Å²) in [6.45, 7) is 6.16. The number of hydrogen-bond acceptors (Lipinski definition) is 3. The summed E-state index contributed by atoms with van der Waals surface area (Å²) in [5.41, 5.74) is 4.21. The Morgan fingerprint density at radius 1 is 1.00 bits per heavy atom. The van der Waals surface area contributed by atoms with E-state index in [1.807, 2.05) is 37.3 Å². The van der Waals surface area contributed by atoms with Gasteiger partial charge in [0.2, 0.25) is 0 Å². The first-order valence-corrected chi connectivity index (χ1v) is 9.65. The third-order valence-corrected chi connectivity index (χ3v) is 4.26. The summed E-state index contributed by atoms with van der Waals surface area (Å²) >= 11 is 0. The van der Waals surface area contributed by atoms with Crippen molar-refractivity contribution in [3.8, 4) is 0 Å². The molecule has 0 saturated heterocycles. The minimum absolute atomic E-state index is 0. The summed E-state index contributed by atoms with van der Waals surface area (Å²) in [7, 11) is 0. The lowest BCUT2D eigenvalue weighted by Crippen LogP contribution is -2.36. The van der Waals surface area contributed by atoms with Crippen LogP contribution < -0.4 is 16.0 Å². The molecule has 3 aromatic rings. The molecule has 0 saturated carbocycles. The van der Waals surface area contributed by atoms with E-state index in [-0.39, 0.29) is 35.6 Å². The van der Waals surface area contributed by atoms with Gasteiger partial charge in [0.25, 0.3) is 5.91 Å². The number of aryl methyl sites for hydroxylation is 1. The minimum Gasteiger partial charge on any atom is -0.459 e. The standard InChI is InChI=1S/C23H26N4O2.HI/c1-3-24-23(26-16-19-7-4-6-17(2)14-19)25-15-18-9-11-20(12-10-18)27-22(28)21-8-5-13-29-21;/h4-14H,3,15-16H2,1-2H3,(H,27,28)(H2,24,25,26);1H. The molecule has 1 amide bonds.